The molecule has 2 amide bonds. The molecule has 7 nitrogen and oxygen atoms in total. The number of hydrogen-bond donors (Lipinski definition) is 0. The Morgan fingerprint density at radius 1 is 0.844 bits per heavy atom. The summed E-state index contributed by atoms with van der Waals surface area (Å²) < 4.78 is 0. The lowest BCUT2D eigenvalue weighted by Crippen LogP contribution is -2.48. The summed E-state index contributed by atoms with van der Waals surface area (Å²) in [7, 11) is 0. The number of hydrogen-bond acceptors (Lipinski definition) is 7. The van der Waals surface area contributed by atoms with Crippen LogP contribution in [0.1, 0.15) is 16.0 Å². The van der Waals surface area contributed by atoms with Gasteiger partial charge < -0.3 is 9.80 Å². The van der Waals surface area contributed by atoms with Crippen LogP contribution in [0.5, 0.6) is 0 Å². The Labute approximate surface area is 190 Å². The molecule has 1 aromatic carbocycles. The van der Waals surface area contributed by atoms with Gasteiger partial charge in [-0.1, -0.05) is 12.1 Å². The molecule has 0 saturated carbocycles. The Morgan fingerprint density at radius 2 is 1.50 bits per heavy atom. The second-order valence-electron chi connectivity index (χ2n) is 8.02. The number of anilines is 2. The van der Waals surface area contributed by atoms with Gasteiger partial charge in [-0.15, -0.1) is 11.3 Å². The van der Waals surface area contributed by atoms with Crippen molar-refractivity contribution < 1.29 is 9.59 Å². The SMILES string of the molecule is Cc1cc(C)cc(N2C(=O)C(c3cccs3)=C(N3CCN(c4ncccn4)CC3)C2=O)c1. The minimum Gasteiger partial charge on any atom is -0.363 e. The predicted molar refractivity (Wildman–Crippen MR) is 125 cm³/mol. The van der Waals surface area contributed by atoms with Crippen molar-refractivity contribution in [3.8, 4) is 0 Å². The number of rotatable bonds is 4. The highest BCUT2D eigenvalue weighted by atomic mass is 32.1. The smallest absolute Gasteiger partial charge is 0.282 e. The number of benzene rings is 1. The Morgan fingerprint density at radius 3 is 2.12 bits per heavy atom. The van der Waals surface area contributed by atoms with Gasteiger partial charge in [0.15, 0.2) is 0 Å². The summed E-state index contributed by atoms with van der Waals surface area (Å²) in [5.74, 6) is 0.171. The summed E-state index contributed by atoms with van der Waals surface area (Å²) in [6.45, 7) is 6.53. The molecule has 4 heterocycles. The van der Waals surface area contributed by atoms with Gasteiger partial charge in [0.25, 0.3) is 11.8 Å². The minimum absolute atomic E-state index is 0.257. The van der Waals surface area contributed by atoms with E-state index in [1.807, 2.05) is 54.5 Å². The molecule has 0 unspecified atom stereocenters. The van der Waals surface area contributed by atoms with Gasteiger partial charge in [0.2, 0.25) is 5.95 Å². The number of thiophene rings is 1. The van der Waals surface area contributed by atoms with E-state index in [1.54, 1.807) is 18.5 Å². The van der Waals surface area contributed by atoms with Crippen LogP contribution in [0.15, 0.2) is 59.9 Å². The van der Waals surface area contributed by atoms with E-state index in [0.29, 0.717) is 49.1 Å². The molecule has 0 bridgehead atoms. The largest absolute Gasteiger partial charge is 0.363 e. The summed E-state index contributed by atoms with van der Waals surface area (Å²) >= 11 is 1.48. The molecule has 5 rings (SSSR count). The first-order valence-corrected chi connectivity index (χ1v) is 11.4. The van der Waals surface area contributed by atoms with Gasteiger partial charge in [-0.05, 0) is 54.6 Å². The Bertz CT molecular complexity index is 1180. The maximum atomic E-state index is 13.7. The molecular formula is C24H23N5O2S. The summed E-state index contributed by atoms with van der Waals surface area (Å²) in [5, 5.41) is 1.93. The lowest BCUT2D eigenvalue weighted by Gasteiger charge is -2.36. The van der Waals surface area contributed by atoms with E-state index in [1.165, 1.54) is 16.2 Å². The maximum absolute atomic E-state index is 13.7. The Hall–Kier alpha value is -3.52. The Kier molecular flexibility index (Phi) is 5.22. The fourth-order valence-electron chi connectivity index (χ4n) is 4.35. The summed E-state index contributed by atoms with van der Waals surface area (Å²) in [4.78, 5) is 42.2. The second-order valence-corrected chi connectivity index (χ2v) is 8.96. The summed E-state index contributed by atoms with van der Waals surface area (Å²) in [5.41, 5.74) is 3.64. The van der Waals surface area contributed by atoms with Gasteiger partial charge in [0.1, 0.15) is 5.70 Å². The average Bonchev–Trinajstić information content (AvgIpc) is 3.40. The first-order chi connectivity index (χ1) is 15.5. The first kappa shape index (κ1) is 20.4. The number of piperazine rings is 1. The number of aryl methyl sites for hydroxylation is 2. The minimum atomic E-state index is -0.258. The van der Waals surface area contributed by atoms with Gasteiger partial charge in [0, 0.05) is 43.4 Å². The van der Waals surface area contributed by atoms with Crippen molar-refractivity contribution in [3.05, 3.63) is 75.9 Å². The zero-order valence-corrected chi connectivity index (χ0v) is 18.8. The van der Waals surface area contributed by atoms with Crippen molar-refractivity contribution in [2.45, 2.75) is 13.8 Å². The standard InChI is InChI=1S/C24H23N5O2S/c1-16-13-17(2)15-18(14-16)29-22(30)20(19-5-3-12-32-19)21(23(29)31)27-8-10-28(11-9-27)24-25-6-4-7-26-24/h3-7,12-15H,8-11H2,1-2H3. The van der Waals surface area contributed by atoms with Gasteiger partial charge in [0.05, 0.1) is 11.3 Å². The fourth-order valence-corrected chi connectivity index (χ4v) is 5.12. The normalized spacial score (nSPS) is 17.0. The van der Waals surface area contributed by atoms with E-state index in [0.717, 1.165) is 16.0 Å². The van der Waals surface area contributed by atoms with Crippen LogP contribution in [0.2, 0.25) is 0 Å². The molecule has 0 atom stereocenters. The van der Waals surface area contributed by atoms with Crippen molar-refractivity contribution in [2.75, 3.05) is 36.0 Å². The Balaban J connectivity index is 1.49. The third kappa shape index (κ3) is 3.56. The van der Waals surface area contributed by atoms with Crippen LogP contribution < -0.4 is 9.80 Å². The average molecular weight is 446 g/mol. The predicted octanol–water partition coefficient (Wildman–Crippen LogP) is 3.26. The summed E-state index contributed by atoms with van der Waals surface area (Å²) in [6.07, 6.45) is 3.46. The highest BCUT2D eigenvalue weighted by Crippen LogP contribution is 2.37. The molecule has 1 saturated heterocycles. The fraction of sp³-hybridized carbons (Fsp3) is 0.250. The van der Waals surface area contributed by atoms with Crippen molar-refractivity contribution in [1.29, 1.82) is 0 Å². The van der Waals surface area contributed by atoms with E-state index in [2.05, 4.69) is 14.9 Å². The molecule has 32 heavy (non-hydrogen) atoms. The van der Waals surface area contributed by atoms with Gasteiger partial charge in [-0.25, -0.2) is 14.9 Å². The molecule has 3 aromatic rings. The van der Waals surface area contributed by atoms with Crippen LogP contribution in [0.3, 0.4) is 0 Å². The van der Waals surface area contributed by atoms with E-state index in [-0.39, 0.29) is 11.8 Å². The van der Waals surface area contributed by atoms with Crippen molar-refractivity contribution >= 4 is 40.4 Å². The monoisotopic (exact) mass is 445 g/mol. The van der Waals surface area contributed by atoms with Crippen LogP contribution in [0.25, 0.3) is 5.57 Å². The van der Waals surface area contributed by atoms with E-state index in [9.17, 15) is 9.59 Å². The van der Waals surface area contributed by atoms with E-state index in [4.69, 9.17) is 0 Å². The molecular weight excluding hydrogens is 422 g/mol. The third-order valence-electron chi connectivity index (χ3n) is 5.72. The molecule has 162 valence electrons. The molecule has 0 radical (unpaired) electrons. The second kappa shape index (κ2) is 8.20. The van der Waals surface area contributed by atoms with Crippen LogP contribution in [-0.2, 0) is 9.59 Å². The van der Waals surface area contributed by atoms with Crippen LogP contribution in [0, 0.1) is 13.8 Å². The third-order valence-corrected chi connectivity index (χ3v) is 6.61. The molecule has 2 aliphatic heterocycles. The number of carbonyl (C=O) groups excluding carboxylic acids is 2. The van der Waals surface area contributed by atoms with Crippen molar-refractivity contribution in [1.82, 2.24) is 14.9 Å². The van der Waals surface area contributed by atoms with Crippen molar-refractivity contribution in [2.24, 2.45) is 0 Å². The lowest BCUT2D eigenvalue weighted by molar-refractivity contribution is -0.120. The zero-order chi connectivity index (χ0) is 22.2. The van der Waals surface area contributed by atoms with Crippen LogP contribution in [-0.4, -0.2) is 52.9 Å². The topological polar surface area (TPSA) is 69.6 Å². The number of amides is 2. The van der Waals surface area contributed by atoms with Gasteiger partial charge in [-0.2, -0.15) is 0 Å². The van der Waals surface area contributed by atoms with Crippen molar-refractivity contribution in [3.63, 3.8) is 0 Å². The number of nitrogens with zero attached hydrogens (tertiary/aromatic N) is 5. The zero-order valence-electron chi connectivity index (χ0n) is 18.0. The highest BCUT2D eigenvalue weighted by molar-refractivity contribution is 7.11. The van der Waals surface area contributed by atoms with E-state index >= 15 is 0 Å². The molecule has 1 fully saturated rings. The molecule has 8 heteroatoms. The van der Waals surface area contributed by atoms with Gasteiger partial charge in [-0.3, -0.25) is 9.59 Å². The maximum Gasteiger partial charge on any atom is 0.282 e. The number of carbonyl (C=O) groups is 2. The molecule has 0 N–H and O–H groups in total. The summed E-state index contributed by atoms with van der Waals surface area (Å²) in [6, 6.07) is 11.4. The number of imide groups is 1. The number of aromatic nitrogens is 2. The molecule has 2 aliphatic rings. The highest BCUT2D eigenvalue weighted by Gasteiger charge is 2.43. The molecule has 0 aliphatic carbocycles. The quantitative estimate of drug-likeness (QED) is 0.574. The van der Waals surface area contributed by atoms with Crippen LogP contribution >= 0.6 is 11.3 Å². The first-order valence-electron chi connectivity index (χ1n) is 10.5. The molecule has 2 aromatic heterocycles. The lowest BCUT2D eigenvalue weighted by atomic mass is 10.1. The van der Waals surface area contributed by atoms with Gasteiger partial charge >= 0.3 is 0 Å². The van der Waals surface area contributed by atoms with Crippen LogP contribution in [0.4, 0.5) is 11.6 Å². The van der Waals surface area contributed by atoms with E-state index < -0.39 is 0 Å². The molecule has 0 spiro atoms.